The Balaban J connectivity index is 3.30. The minimum atomic E-state index is -0.514. The normalized spacial score (nSPS) is 14.0. The molecule has 1 rings (SSSR count). The molecular formula is C8H10Br3N3O. The van der Waals surface area contributed by atoms with Crippen molar-refractivity contribution < 1.29 is 0 Å². The van der Waals surface area contributed by atoms with Crippen molar-refractivity contribution >= 4 is 47.8 Å². The third-order valence-electron chi connectivity index (χ3n) is 1.89. The van der Waals surface area contributed by atoms with E-state index in [9.17, 15) is 4.91 Å². The van der Waals surface area contributed by atoms with Crippen LogP contribution in [0.4, 0.5) is 0 Å². The molecule has 0 N–H and O–H groups in total. The fraction of sp³-hybridized carbons (Fsp3) is 0.625. The Kier molecular flexibility index (Phi) is 4.11. The van der Waals surface area contributed by atoms with Gasteiger partial charge in [-0.05, 0) is 53.0 Å². The van der Waals surface area contributed by atoms with Gasteiger partial charge < -0.3 is 0 Å². The predicted octanol–water partition coefficient (Wildman–Crippen LogP) is 4.48. The number of hydrogen-bond donors (Lipinski definition) is 0. The first-order valence-electron chi connectivity index (χ1n) is 4.20. The molecule has 0 aliphatic rings. The standard InChI is InChI=1S/C8H10Br3N3O/c1-8(2,3)6(13-15)14-5(10)4(9)12-7(14)11/h6H,1-3H3. The molecule has 1 aromatic heterocycles. The summed E-state index contributed by atoms with van der Waals surface area (Å²) in [5.74, 6) is 0. The van der Waals surface area contributed by atoms with Gasteiger partial charge in [0, 0.05) is 5.41 Å². The quantitative estimate of drug-likeness (QED) is 0.683. The van der Waals surface area contributed by atoms with Crippen molar-refractivity contribution in [2.45, 2.75) is 26.9 Å². The lowest BCUT2D eigenvalue weighted by Crippen LogP contribution is -2.22. The van der Waals surface area contributed by atoms with Crippen molar-refractivity contribution in [3.63, 3.8) is 0 Å². The Morgan fingerprint density at radius 1 is 1.33 bits per heavy atom. The zero-order chi connectivity index (χ0) is 11.8. The van der Waals surface area contributed by atoms with Gasteiger partial charge in [0.1, 0.15) is 9.21 Å². The number of rotatable bonds is 2. The average molecular weight is 404 g/mol. The van der Waals surface area contributed by atoms with E-state index < -0.39 is 6.17 Å². The molecule has 1 atom stereocenters. The van der Waals surface area contributed by atoms with E-state index in [1.807, 2.05) is 20.8 Å². The van der Waals surface area contributed by atoms with Crippen molar-refractivity contribution in [3.8, 4) is 0 Å². The van der Waals surface area contributed by atoms with Crippen LogP contribution in [0, 0.1) is 10.3 Å². The zero-order valence-corrected chi connectivity index (χ0v) is 13.2. The molecule has 84 valence electrons. The maximum Gasteiger partial charge on any atom is 0.181 e. The van der Waals surface area contributed by atoms with Crippen LogP contribution in [0.5, 0.6) is 0 Å². The molecule has 0 aliphatic carbocycles. The average Bonchev–Trinajstić information content (AvgIpc) is 2.30. The van der Waals surface area contributed by atoms with Gasteiger partial charge in [-0.25, -0.2) is 4.98 Å². The van der Waals surface area contributed by atoms with Crippen LogP contribution in [0.25, 0.3) is 0 Å². The van der Waals surface area contributed by atoms with Gasteiger partial charge in [-0.3, -0.25) is 4.57 Å². The molecule has 0 radical (unpaired) electrons. The molecule has 7 heteroatoms. The van der Waals surface area contributed by atoms with Gasteiger partial charge >= 0.3 is 0 Å². The topological polar surface area (TPSA) is 47.2 Å². The Morgan fingerprint density at radius 2 is 1.87 bits per heavy atom. The molecular weight excluding hydrogens is 394 g/mol. The number of imidazole rings is 1. The number of hydrogen-bond acceptors (Lipinski definition) is 3. The Bertz CT molecular complexity index is 383. The van der Waals surface area contributed by atoms with E-state index in [-0.39, 0.29) is 5.41 Å². The van der Waals surface area contributed by atoms with Gasteiger partial charge in [0.25, 0.3) is 0 Å². The van der Waals surface area contributed by atoms with Crippen molar-refractivity contribution in [2.75, 3.05) is 0 Å². The summed E-state index contributed by atoms with van der Waals surface area (Å²) in [5.41, 5.74) is -0.271. The third-order valence-corrected chi connectivity index (χ3v) is 4.29. The number of nitroso groups, excluding NO2 is 1. The first-order chi connectivity index (χ1) is 6.79. The lowest BCUT2D eigenvalue weighted by molar-refractivity contribution is 0.243. The summed E-state index contributed by atoms with van der Waals surface area (Å²) in [6.45, 7) is 5.85. The molecule has 0 saturated heterocycles. The molecule has 1 unspecified atom stereocenters. The van der Waals surface area contributed by atoms with E-state index in [1.54, 1.807) is 4.57 Å². The zero-order valence-electron chi connectivity index (χ0n) is 8.46. The van der Waals surface area contributed by atoms with Gasteiger partial charge in [0.05, 0.1) is 0 Å². The van der Waals surface area contributed by atoms with Gasteiger partial charge in [-0.2, -0.15) is 0 Å². The van der Waals surface area contributed by atoms with E-state index in [4.69, 9.17) is 0 Å². The summed E-state index contributed by atoms with van der Waals surface area (Å²) in [7, 11) is 0. The second-order valence-corrected chi connectivity index (χ2v) is 6.39. The summed E-state index contributed by atoms with van der Waals surface area (Å²) in [5, 5.41) is 3.16. The highest BCUT2D eigenvalue weighted by molar-refractivity contribution is 9.13. The van der Waals surface area contributed by atoms with Crippen LogP contribution in [0.3, 0.4) is 0 Å². The van der Waals surface area contributed by atoms with Crippen LogP contribution < -0.4 is 0 Å². The first kappa shape index (κ1) is 13.3. The molecule has 0 aliphatic heterocycles. The van der Waals surface area contributed by atoms with Crippen LogP contribution >= 0.6 is 47.8 Å². The number of nitrogens with zero attached hydrogens (tertiary/aromatic N) is 3. The molecule has 0 saturated carbocycles. The second-order valence-electron chi connectivity index (χ2n) is 4.18. The smallest absolute Gasteiger partial charge is 0.181 e. The van der Waals surface area contributed by atoms with Crippen molar-refractivity contribution in [2.24, 2.45) is 10.6 Å². The highest BCUT2D eigenvalue weighted by atomic mass is 79.9. The first-order valence-corrected chi connectivity index (χ1v) is 6.58. The van der Waals surface area contributed by atoms with E-state index in [1.165, 1.54) is 0 Å². The highest BCUT2D eigenvalue weighted by Gasteiger charge is 2.31. The fourth-order valence-electron chi connectivity index (χ4n) is 1.16. The maximum absolute atomic E-state index is 10.9. The molecule has 4 nitrogen and oxygen atoms in total. The van der Waals surface area contributed by atoms with Gasteiger partial charge in [-0.1, -0.05) is 20.8 Å². The van der Waals surface area contributed by atoms with Crippen molar-refractivity contribution in [1.29, 1.82) is 0 Å². The molecule has 0 aromatic carbocycles. The van der Waals surface area contributed by atoms with E-state index in [2.05, 4.69) is 58.0 Å². The molecule has 0 fully saturated rings. The third kappa shape index (κ3) is 2.68. The molecule has 1 aromatic rings. The van der Waals surface area contributed by atoms with Gasteiger partial charge in [0.15, 0.2) is 10.9 Å². The molecule has 0 spiro atoms. The van der Waals surface area contributed by atoms with Gasteiger partial charge in [-0.15, -0.1) is 4.91 Å². The van der Waals surface area contributed by atoms with E-state index in [0.29, 0.717) is 13.9 Å². The van der Waals surface area contributed by atoms with Crippen LogP contribution in [0.1, 0.15) is 26.9 Å². The molecule has 1 heterocycles. The second kappa shape index (κ2) is 4.63. The number of aromatic nitrogens is 2. The van der Waals surface area contributed by atoms with Crippen molar-refractivity contribution in [3.05, 3.63) is 18.8 Å². The summed E-state index contributed by atoms with van der Waals surface area (Å²) < 4.78 is 3.62. The van der Waals surface area contributed by atoms with Crippen LogP contribution in [0.2, 0.25) is 0 Å². The number of halogens is 3. The van der Waals surface area contributed by atoms with Crippen LogP contribution in [-0.4, -0.2) is 9.55 Å². The van der Waals surface area contributed by atoms with Crippen LogP contribution in [-0.2, 0) is 0 Å². The van der Waals surface area contributed by atoms with E-state index >= 15 is 0 Å². The van der Waals surface area contributed by atoms with Crippen LogP contribution in [0.15, 0.2) is 19.1 Å². The SMILES string of the molecule is CC(C)(C)C(N=O)n1c(Br)nc(Br)c1Br. The largest absolute Gasteiger partial charge is 0.285 e. The Hall–Kier alpha value is 0.250. The fourth-order valence-corrected chi connectivity index (χ4v) is 3.00. The van der Waals surface area contributed by atoms with Crippen molar-refractivity contribution in [1.82, 2.24) is 9.55 Å². The highest BCUT2D eigenvalue weighted by Crippen LogP contribution is 2.38. The minimum Gasteiger partial charge on any atom is -0.285 e. The summed E-state index contributed by atoms with van der Waals surface area (Å²) in [4.78, 5) is 15.1. The molecule has 0 bridgehead atoms. The maximum atomic E-state index is 10.9. The molecule has 0 amide bonds. The Morgan fingerprint density at radius 3 is 2.13 bits per heavy atom. The summed E-state index contributed by atoms with van der Waals surface area (Å²) >= 11 is 9.93. The summed E-state index contributed by atoms with van der Waals surface area (Å²) in [6.07, 6.45) is -0.514. The van der Waals surface area contributed by atoms with E-state index in [0.717, 1.165) is 0 Å². The molecule has 15 heavy (non-hydrogen) atoms. The monoisotopic (exact) mass is 401 g/mol. The predicted molar refractivity (Wildman–Crippen MR) is 69.6 cm³/mol. The Labute approximate surface area is 113 Å². The lowest BCUT2D eigenvalue weighted by atomic mass is 9.93. The summed E-state index contributed by atoms with van der Waals surface area (Å²) in [6, 6.07) is 0. The van der Waals surface area contributed by atoms with Gasteiger partial charge in [0.2, 0.25) is 0 Å². The lowest BCUT2D eigenvalue weighted by Gasteiger charge is -2.26. The minimum absolute atomic E-state index is 0.271.